The summed E-state index contributed by atoms with van der Waals surface area (Å²) in [5.74, 6) is 2.81. The Labute approximate surface area is 219 Å². The summed E-state index contributed by atoms with van der Waals surface area (Å²) in [6, 6.07) is -0.309. The van der Waals surface area contributed by atoms with Crippen LogP contribution in [0.2, 0.25) is 0 Å². The smallest absolute Gasteiger partial charge is 0.321 e. The van der Waals surface area contributed by atoms with Crippen molar-refractivity contribution >= 4 is 51.4 Å². The lowest BCUT2D eigenvalue weighted by Gasteiger charge is -2.38. The van der Waals surface area contributed by atoms with Crippen LogP contribution in [0.1, 0.15) is 56.2 Å². The molecule has 37 heavy (non-hydrogen) atoms. The van der Waals surface area contributed by atoms with E-state index in [1.165, 1.54) is 11.3 Å². The Hall–Kier alpha value is -3.76. The van der Waals surface area contributed by atoms with Gasteiger partial charge in [0.15, 0.2) is 5.13 Å². The molecular weight excluding hydrogens is 494 g/mol. The number of urea groups is 1. The van der Waals surface area contributed by atoms with Crippen LogP contribution in [-0.4, -0.2) is 64.2 Å². The first-order valence-corrected chi connectivity index (χ1v) is 13.2. The summed E-state index contributed by atoms with van der Waals surface area (Å²) in [4.78, 5) is 45.5. The van der Waals surface area contributed by atoms with Crippen LogP contribution in [0.5, 0.6) is 0 Å². The first kappa shape index (κ1) is 26.3. The lowest BCUT2D eigenvalue weighted by atomic mass is 9.76. The maximum Gasteiger partial charge on any atom is 0.321 e. The van der Waals surface area contributed by atoms with Crippen molar-refractivity contribution in [1.29, 1.82) is 0 Å². The van der Waals surface area contributed by atoms with E-state index in [2.05, 4.69) is 36.6 Å². The number of carbonyl (C=O) groups is 2. The zero-order valence-electron chi connectivity index (χ0n) is 21.2. The summed E-state index contributed by atoms with van der Waals surface area (Å²) in [5.41, 5.74) is 2.62. The van der Waals surface area contributed by atoms with Crippen molar-refractivity contribution in [2.24, 2.45) is 10.6 Å². The van der Waals surface area contributed by atoms with Crippen molar-refractivity contribution in [2.45, 2.75) is 46.5 Å². The molecule has 2 amide bonds. The molecule has 0 radical (unpaired) electrons. The predicted molar refractivity (Wildman–Crippen MR) is 143 cm³/mol. The molecule has 11 nitrogen and oxygen atoms in total. The van der Waals surface area contributed by atoms with Crippen molar-refractivity contribution in [1.82, 2.24) is 20.3 Å². The number of nitrogens with zero attached hydrogens (tertiary/aromatic N) is 5. The molecule has 0 saturated carbocycles. The third-order valence-corrected chi connectivity index (χ3v) is 7.73. The number of allylic oxidation sites excluding steroid dienone is 3. The van der Waals surface area contributed by atoms with Crippen molar-refractivity contribution in [3.05, 3.63) is 34.6 Å². The van der Waals surface area contributed by atoms with Crippen LogP contribution in [0.25, 0.3) is 11.1 Å². The van der Waals surface area contributed by atoms with Gasteiger partial charge in [0.1, 0.15) is 6.61 Å². The SMILES string of the molecule is CCNC(=O)Nc1nc2c(s1)C(=C=NOCC)C=C(c1cnc(N3CCC(CC)(C(=O)O)CC3)nc1)C2. The van der Waals surface area contributed by atoms with Gasteiger partial charge in [0.05, 0.1) is 21.6 Å². The average Bonchev–Trinajstić information content (AvgIpc) is 3.31. The van der Waals surface area contributed by atoms with Crippen LogP contribution in [0.3, 0.4) is 0 Å². The molecule has 2 aliphatic rings. The minimum absolute atomic E-state index is 0.309. The van der Waals surface area contributed by atoms with Crippen LogP contribution >= 0.6 is 11.3 Å². The van der Waals surface area contributed by atoms with Crippen LogP contribution < -0.4 is 15.5 Å². The van der Waals surface area contributed by atoms with Gasteiger partial charge in [-0.25, -0.2) is 19.7 Å². The number of fused-ring (bicyclic) bond motifs is 1. The van der Waals surface area contributed by atoms with E-state index < -0.39 is 11.4 Å². The third kappa shape index (κ3) is 5.81. The molecule has 12 heteroatoms. The highest BCUT2D eigenvalue weighted by molar-refractivity contribution is 7.17. The largest absolute Gasteiger partial charge is 0.481 e. The Bertz CT molecular complexity index is 1240. The van der Waals surface area contributed by atoms with Gasteiger partial charge < -0.3 is 20.2 Å². The summed E-state index contributed by atoms with van der Waals surface area (Å²) in [6.07, 6.45) is 7.80. The number of hydrogen-bond acceptors (Lipinski definition) is 9. The fourth-order valence-electron chi connectivity index (χ4n) is 4.43. The number of hydrogen-bond donors (Lipinski definition) is 3. The zero-order valence-corrected chi connectivity index (χ0v) is 22.0. The number of carboxylic acids is 1. The number of rotatable bonds is 8. The Morgan fingerprint density at radius 1 is 1.24 bits per heavy atom. The molecule has 2 aromatic heterocycles. The predicted octanol–water partition coefficient (Wildman–Crippen LogP) is 3.80. The van der Waals surface area contributed by atoms with E-state index in [1.54, 1.807) is 12.4 Å². The van der Waals surface area contributed by atoms with Crippen LogP contribution in [0.4, 0.5) is 15.9 Å². The molecule has 0 spiro atoms. The summed E-state index contributed by atoms with van der Waals surface area (Å²) in [6.45, 7) is 7.77. The molecule has 0 atom stereocenters. The number of thiazole rings is 1. The minimum atomic E-state index is -0.724. The number of aliphatic carboxylic acids is 1. The summed E-state index contributed by atoms with van der Waals surface area (Å²) < 4.78 is 0. The van der Waals surface area contributed by atoms with Gasteiger partial charge in [0.25, 0.3) is 0 Å². The van der Waals surface area contributed by atoms with E-state index >= 15 is 0 Å². The molecule has 1 aliphatic carbocycles. The van der Waals surface area contributed by atoms with Crippen LogP contribution in [0, 0.1) is 5.41 Å². The molecule has 1 saturated heterocycles. The number of carbonyl (C=O) groups excluding carboxylic acids is 1. The summed E-state index contributed by atoms with van der Waals surface area (Å²) in [5, 5.41) is 19.5. The van der Waals surface area contributed by atoms with E-state index in [9.17, 15) is 14.7 Å². The molecule has 0 bridgehead atoms. The van der Waals surface area contributed by atoms with Gasteiger partial charge >= 0.3 is 12.0 Å². The molecule has 0 aromatic carbocycles. The molecular formula is C25H31N7O4S. The minimum Gasteiger partial charge on any atom is -0.481 e. The van der Waals surface area contributed by atoms with E-state index in [-0.39, 0.29) is 6.03 Å². The van der Waals surface area contributed by atoms with E-state index in [0.717, 1.165) is 21.7 Å². The Morgan fingerprint density at radius 2 is 1.97 bits per heavy atom. The number of anilines is 2. The highest BCUT2D eigenvalue weighted by Crippen LogP contribution is 2.38. The lowest BCUT2D eigenvalue weighted by molar-refractivity contribution is -0.150. The molecule has 2 aromatic rings. The van der Waals surface area contributed by atoms with E-state index in [0.29, 0.717) is 68.6 Å². The number of carboxylic acid groups (broad SMARTS) is 1. The standard InChI is InChI=1S/C25H31N7O4S/c1-4-25(21(33)34)7-9-32(10-8-25)22-27-13-18(14-28-22)16-11-17(15-29-36-6-3)20-19(12-16)30-24(37-20)31-23(35)26-5-2/h11,13-14H,4-10,12H2,1-3H3,(H,33,34)(H2,26,30,31,35). The highest BCUT2D eigenvalue weighted by atomic mass is 32.1. The maximum atomic E-state index is 12.0. The maximum absolute atomic E-state index is 12.0. The van der Waals surface area contributed by atoms with Crippen molar-refractivity contribution in [3.63, 3.8) is 0 Å². The Balaban J connectivity index is 1.54. The fraction of sp³-hybridized carbons (Fsp3) is 0.480. The number of nitrogens with one attached hydrogen (secondary N) is 2. The van der Waals surface area contributed by atoms with E-state index in [4.69, 9.17) is 4.84 Å². The second-order valence-electron chi connectivity index (χ2n) is 8.86. The monoisotopic (exact) mass is 525 g/mol. The van der Waals surface area contributed by atoms with Gasteiger partial charge in [-0.05, 0) is 49.9 Å². The molecule has 3 N–H and O–H groups in total. The lowest BCUT2D eigenvalue weighted by Crippen LogP contribution is -2.44. The fourth-order valence-corrected chi connectivity index (χ4v) is 5.37. The topological polar surface area (TPSA) is 142 Å². The first-order valence-electron chi connectivity index (χ1n) is 12.4. The number of piperidine rings is 1. The quantitative estimate of drug-likeness (QED) is 0.349. The van der Waals surface area contributed by atoms with Crippen molar-refractivity contribution in [3.8, 4) is 0 Å². The van der Waals surface area contributed by atoms with Crippen LogP contribution in [0.15, 0.2) is 23.6 Å². The summed E-state index contributed by atoms with van der Waals surface area (Å²) in [7, 11) is 0. The molecule has 196 valence electrons. The zero-order chi connectivity index (χ0) is 26.4. The van der Waals surface area contributed by atoms with Gasteiger partial charge in [-0.15, -0.1) is 0 Å². The van der Waals surface area contributed by atoms with Crippen molar-refractivity contribution in [2.75, 3.05) is 36.5 Å². The van der Waals surface area contributed by atoms with Gasteiger partial charge in [0, 0.05) is 49.9 Å². The molecule has 4 rings (SSSR count). The molecule has 3 heterocycles. The molecule has 0 unspecified atom stereocenters. The first-order chi connectivity index (χ1) is 17.9. The second kappa shape index (κ2) is 11.5. The molecule has 1 aliphatic heterocycles. The number of aromatic nitrogens is 3. The van der Waals surface area contributed by atoms with Gasteiger partial charge in [-0.2, -0.15) is 0 Å². The molecule has 1 fully saturated rings. The van der Waals surface area contributed by atoms with Gasteiger partial charge in [-0.3, -0.25) is 10.1 Å². The Morgan fingerprint density at radius 3 is 2.59 bits per heavy atom. The number of amides is 2. The third-order valence-electron chi connectivity index (χ3n) is 6.68. The summed E-state index contributed by atoms with van der Waals surface area (Å²) >= 11 is 1.36. The average molecular weight is 526 g/mol. The van der Waals surface area contributed by atoms with Gasteiger partial charge in [0.2, 0.25) is 5.95 Å². The normalized spacial score (nSPS) is 16.2. The van der Waals surface area contributed by atoms with Crippen LogP contribution in [-0.2, 0) is 16.1 Å². The van der Waals surface area contributed by atoms with Crippen molar-refractivity contribution < 1.29 is 19.5 Å². The highest BCUT2D eigenvalue weighted by Gasteiger charge is 2.40. The van der Waals surface area contributed by atoms with E-state index in [1.807, 2.05) is 31.7 Å². The second-order valence-corrected chi connectivity index (χ2v) is 9.86. The van der Waals surface area contributed by atoms with Gasteiger partial charge in [-0.1, -0.05) is 18.3 Å². The Kier molecular flexibility index (Phi) is 8.20.